The fourth-order valence-corrected chi connectivity index (χ4v) is 1.82. The molecule has 0 atom stereocenters. The highest BCUT2D eigenvalue weighted by Gasteiger charge is 2.07. The summed E-state index contributed by atoms with van der Waals surface area (Å²) in [7, 11) is 1.33. The van der Waals surface area contributed by atoms with Crippen LogP contribution in [-0.2, 0) is 16.0 Å². The van der Waals surface area contributed by atoms with Gasteiger partial charge >= 0.3 is 12.0 Å². The van der Waals surface area contributed by atoms with Gasteiger partial charge in [0.15, 0.2) is 0 Å². The summed E-state index contributed by atoms with van der Waals surface area (Å²) < 4.78 is 4.57. The third kappa shape index (κ3) is 4.31. The van der Waals surface area contributed by atoms with Crippen LogP contribution >= 0.6 is 0 Å². The number of amides is 2. The number of carbonyl (C=O) groups is 2. The van der Waals surface area contributed by atoms with E-state index in [2.05, 4.69) is 20.4 Å². The number of nitrogens with one attached hydrogen (secondary N) is 2. The Kier molecular flexibility index (Phi) is 5.08. The van der Waals surface area contributed by atoms with Crippen molar-refractivity contribution in [3.63, 3.8) is 0 Å². The molecule has 1 aromatic heterocycles. The zero-order chi connectivity index (χ0) is 15.9. The maximum absolute atomic E-state index is 11.9. The third-order valence-electron chi connectivity index (χ3n) is 3.03. The topological polar surface area (TPSA) is 80.3 Å². The minimum Gasteiger partial charge on any atom is -0.469 e. The van der Waals surface area contributed by atoms with Gasteiger partial charge < -0.3 is 15.4 Å². The summed E-state index contributed by atoms with van der Waals surface area (Å²) in [6, 6.07) is 10.5. The third-order valence-corrected chi connectivity index (χ3v) is 3.03. The van der Waals surface area contributed by atoms with Crippen LogP contribution in [0.5, 0.6) is 0 Å². The molecule has 0 spiro atoms. The molecule has 0 saturated carbocycles. The number of hydrogen-bond acceptors (Lipinski definition) is 4. The highest BCUT2D eigenvalue weighted by molar-refractivity contribution is 6.00. The predicted octanol–water partition coefficient (Wildman–Crippen LogP) is 2.75. The highest BCUT2D eigenvalue weighted by atomic mass is 16.5. The zero-order valence-corrected chi connectivity index (χ0v) is 12.4. The fraction of sp³-hybridized carbons (Fsp3) is 0.188. The Morgan fingerprint density at radius 1 is 1.14 bits per heavy atom. The molecule has 2 rings (SSSR count). The lowest BCUT2D eigenvalue weighted by Crippen LogP contribution is -2.20. The molecule has 0 fully saturated rings. The van der Waals surface area contributed by atoms with Crippen LogP contribution in [0, 0.1) is 6.92 Å². The zero-order valence-electron chi connectivity index (χ0n) is 12.4. The summed E-state index contributed by atoms with van der Waals surface area (Å²) in [5.41, 5.74) is 2.84. The van der Waals surface area contributed by atoms with Crippen molar-refractivity contribution in [1.82, 2.24) is 4.98 Å². The van der Waals surface area contributed by atoms with E-state index in [0.29, 0.717) is 11.4 Å². The quantitative estimate of drug-likeness (QED) is 0.851. The van der Waals surface area contributed by atoms with Gasteiger partial charge in [0.2, 0.25) is 0 Å². The number of nitrogens with zero attached hydrogens (tertiary/aromatic N) is 1. The van der Waals surface area contributed by atoms with E-state index in [0.717, 1.165) is 11.3 Å². The Hall–Kier alpha value is -2.89. The number of anilines is 2. The van der Waals surface area contributed by atoms with Gasteiger partial charge in [-0.2, -0.15) is 0 Å². The van der Waals surface area contributed by atoms with Gasteiger partial charge in [-0.25, -0.2) is 4.79 Å². The monoisotopic (exact) mass is 299 g/mol. The van der Waals surface area contributed by atoms with Gasteiger partial charge in [-0.05, 0) is 30.7 Å². The molecule has 0 bridgehead atoms. The van der Waals surface area contributed by atoms with E-state index in [1.54, 1.807) is 12.1 Å². The van der Waals surface area contributed by atoms with Crippen LogP contribution < -0.4 is 10.6 Å². The molecule has 1 aromatic carbocycles. The number of urea groups is 1. The van der Waals surface area contributed by atoms with Gasteiger partial charge in [-0.15, -0.1) is 0 Å². The number of ether oxygens (including phenoxy) is 1. The van der Waals surface area contributed by atoms with E-state index in [1.807, 2.05) is 31.2 Å². The van der Waals surface area contributed by atoms with Crippen molar-refractivity contribution in [2.24, 2.45) is 0 Å². The summed E-state index contributed by atoms with van der Waals surface area (Å²) in [5.74, 6) is -0.356. The number of hydrogen-bond donors (Lipinski definition) is 2. The van der Waals surface area contributed by atoms with E-state index in [1.165, 1.54) is 13.3 Å². The van der Waals surface area contributed by atoms with E-state index >= 15 is 0 Å². The summed E-state index contributed by atoms with van der Waals surface area (Å²) in [5, 5.41) is 5.45. The first-order valence-electron chi connectivity index (χ1n) is 6.74. The van der Waals surface area contributed by atoms with Crippen molar-refractivity contribution in [2.75, 3.05) is 17.7 Å². The number of carbonyl (C=O) groups excluding carboxylic acids is 2. The second-order valence-corrected chi connectivity index (χ2v) is 4.69. The Morgan fingerprint density at radius 2 is 1.91 bits per heavy atom. The number of aromatic nitrogens is 1. The standard InChI is InChI=1S/C16H17N3O3/c1-11-5-3-4-6-14(11)19-16(21)18-13-8-7-12(17-10-13)9-15(20)22-2/h3-8,10H,9H2,1-2H3,(H2,18,19,21). The van der Waals surface area contributed by atoms with Gasteiger partial charge in [0.25, 0.3) is 0 Å². The largest absolute Gasteiger partial charge is 0.469 e. The van der Waals surface area contributed by atoms with Crippen LogP contribution in [0.25, 0.3) is 0 Å². The second-order valence-electron chi connectivity index (χ2n) is 4.69. The number of rotatable bonds is 4. The SMILES string of the molecule is COC(=O)Cc1ccc(NC(=O)Nc2ccccc2C)cn1. The van der Waals surface area contributed by atoms with Crippen molar-refractivity contribution < 1.29 is 14.3 Å². The molecule has 0 aliphatic carbocycles. The molecular formula is C16H17N3O3. The van der Waals surface area contributed by atoms with Gasteiger partial charge in [-0.3, -0.25) is 9.78 Å². The molecule has 0 aliphatic rings. The minimum atomic E-state index is -0.356. The Bertz CT molecular complexity index is 669. The fourth-order valence-electron chi connectivity index (χ4n) is 1.82. The average molecular weight is 299 g/mol. The molecule has 6 heteroatoms. The highest BCUT2D eigenvalue weighted by Crippen LogP contribution is 2.14. The van der Waals surface area contributed by atoms with Crippen molar-refractivity contribution >= 4 is 23.4 Å². The summed E-state index contributed by atoms with van der Waals surface area (Å²) in [4.78, 5) is 27.2. The molecule has 1 heterocycles. The lowest BCUT2D eigenvalue weighted by molar-refractivity contribution is -0.139. The van der Waals surface area contributed by atoms with Crippen molar-refractivity contribution in [3.8, 4) is 0 Å². The van der Waals surface area contributed by atoms with Crippen molar-refractivity contribution in [3.05, 3.63) is 53.9 Å². The summed E-state index contributed by atoms with van der Waals surface area (Å²) in [6.07, 6.45) is 1.60. The number of para-hydroxylation sites is 1. The Balaban J connectivity index is 1.94. The maximum atomic E-state index is 11.9. The molecule has 0 unspecified atom stereocenters. The van der Waals surface area contributed by atoms with E-state index in [-0.39, 0.29) is 18.4 Å². The van der Waals surface area contributed by atoms with Gasteiger partial charge in [0.05, 0.1) is 31.1 Å². The number of pyridine rings is 1. The lowest BCUT2D eigenvalue weighted by atomic mass is 10.2. The average Bonchev–Trinajstić information content (AvgIpc) is 2.51. The number of benzene rings is 1. The van der Waals surface area contributed by atoms with Crippen LogP contribution in [0.2, 0.25) is 0 Å². The second kappa shape index (κ2) is 7.21. The molecule has 2 aromatic rings. The number of aryl methyl sites for hydroxylation is 1. The maximum Gasteiger partial charge on any atom is 0.323 e. The summed E-state index contributed by atoms with van der Waals surface area (Å²) in [6.45, 7) is 1.92. The molecule has 0 aliphatic heterocycles. The van der Waals surface area contributed by atoms with Crippen LogP contribution in [0.4, 0.5) is 16.2 Å². The molecule has 6 nitrogen and oxygen atoms in total. The molecule has 2 amide bonds. The van der Waals surface area contributed by atoms with Crippen molar-refractivity contribution in [2.45, 2.75) is 13.3 Å². The number of esters is 1. The molecule has 2 N–H and O–H groups in total. The Labute approximate surface area is 128 Å². The van der Waals surface area contributed by atoms with Gasteiger partial charge in [-0.1, -0.05) is 18.2 Å². The molecule has 0 radical (unpaired) electrons. The molecule has 22 heavy (non-hydrogen) atoms. The van der Waals surface area contributed by atoms with Crippen LogP contribution in [0.15, 0.2) is 42.6 Å². The first-order chi connectivity index (χ1) is 10.6. The van der Waals surface area contributed by atoms with Crippen LogP contribution in [0.3, 0.4) is 0 Å². The van der Waals surface area contributed by atoms with Gasteiger partial charge in [0.1, 0.15) is 0 Å². The molecule has 114 valence electrons. The van der Waals surface area contributed by atoms with Gasteiger partial charge in [0, 0.05) is 5.69 Å². The Morgan fingerprint density at radius 3 is 2.55 bits per heavy atom. The van der Waals surface area contributed by atoms with E-state index < -0.39 is 0 Å². The van der Waals surface area contributed by atoms with E-state index in [4.69, 9.17) is 0 Å². The predicted molar refractivity (Wildman–Crippen MR) is 83.8 cm³/mol. The van der Waals surface area contributed by atoms with Crippen molar-refractivity contribution in [1.29, 1.82) is 0 Å². The smallest absolute Gasteiger partial charge is 0.323 e. The molecule has 0 saturated heterocycles. The first kappa shape index (κ1) is 15.5. The van der Waals surface area contributed by atoms with E-state index in [9.17, 15) is 9.59 Å². The van der Waals surface area contributed by atoms with Crippen LogP contribution in [-0.4, -0.2) is 24.1 Å². The minimum absolute atomic E-state index is 0.103. The number of methoxy groups -OCH3 is 1. The summed E-state index contributed by atoms with van der Waals surface area (Å²) >= 11 is 0. The molecular weight excluding hydrogens is 282 g/mol. The van der Waals surface area contributed by atoms with Crippen LogP contribution in [0.1, 0.15) is 11.3 Å². The lowest BCUT2D eigenvalue weighted by Gasteiger charge is -2.09. The normalized spacial score (nSPS) is 9.91. The first-order valence-corrected chi connectivity index (χ1v) is 6.74.